The molecule has 1 heterocycles. The molecule has 1 amide bonds. The normalized spacial score (nSPS) is 9.80. The van der Waals surface area contributed by atoms with Gasteiger partial charge in [0.25, 0.3) is 5.91 Å². The predicted octanol–water partition coefficient (Wildman–Crippen LogP) is 0.990. The van der Waals surface area contributed by atoms with Crippen molar-refractivity contribution in [3.63, 3.8) is 0 Å². The van der Waals surface area contributed by atoms with Crippen LogP contribution in [0.1, 0.15) is 25.5 Å². The van der Waals surface area contributed by atoms with Gasteiger partial charge in [-0.3, -0.25) is 9.78 Å². The van der Waals surface area contributed by atoms with Crippen molar-refractivity contribution < 1.29 is 9.53 Å². The summed E-state index contributed by atoms with van der Waals surface area (Å²) in [5, 5.41) is 14.2. The molecule has 20 heavy (non-hydrogen) atoms. The second-order valence-electron chi connectivity index (χ2n) is 4.21. The number of carbonyl (C=O) groups is 1. The van der Waals surface area contributed by atoms with E-state index in [9.17, 15) is 4.79 Å². The van der Waals surface area contributed by atoms with Gasteiger partial charge < -0.3 is 15.4 Å². The minimum Gasteiger partial charge on any atom is -0.482 e. The lowest BCUT2D eigenvalue weighted by Gasteiger charge is -2.07. The van der Waals surface area contributed by atoms with Crippen LogP contribution in [0.15, 0.2) is 18.3 Å². The molecule has 0 aliphatic carbocycles. The molecular formula is C14H20N4O2. The summed E-state index contributed by atoms with van der Waals surface area (Å²) in [5.41, 5.74) is 0.935. The van der Waals surface area contributed by atoms with Crippen LogP contribution in [0, 0.1) is 11.3 Å². The molecule has 0 aliphatic heterocycles. The highest BCUT2D eigenvalue weighted by Gasteiger charge is 2.02. The maximum absolute atomic E-state index is 11.4. The van der Waals surface area contributed by atoms with Crippen molar-refractivity contribution in [1.29, 1.82) is 5.26 Å². The van der Waals surface area contributed by atoms with Crippen molar-refractivity contribution in [3.05, 3.63) is 24.0 Å². The molecule has 0 spiro atoms. The SMILES string of the molecule is CCCNCc1ccc(OCC(=O)NCCC#N)cn1. The van der Waals surface area contributed by atoms with Gasteiger partial charge in [-0.05, 0) is 25.1 Å². The first-order valence-corrected chi connectivity index (χ1v) is 6.68. The van der Waals surface area contributed by atoms with Crippen molar-refractivity contribution in [2.24, 2.45) is 0 Å². The molecule has 1 aromatic heterocycles. The molecule has 0 radical (unpaired) electrons. The van der Waals surface area contributed by atoms with Gasteiger partial charge in [-0.25, -0.2) is 0 Å². The number of hydrogen-bond donors (Lipinski definition) is 2. The highest BCUT2D eigenvalue weighted by Crippen LogP contribution is 2.08. The summed E-state index contributed by atoms with van der Waals surface area (Å²) >= 11 is 0. The molecule has 108 valence electrons. The van der Waals surface area contributed by atoms with E-state index in [4.69, 9.17) is 10.00 Å². The molecule has 0 saturated heterocycles. The lowest BCUT2D eigenvalue weighted by molar-refractivity contribution is -0.123. The van der Waals surface area contributed by atoms with Gasteiger partial charge >= 0.3 is 0 Å². The molecule has 0 fully saturated rings. The van der Waals surface area contributed by atoms with Gasteiger partial charge in [-0.1, -0.05) is 6.92 Å². The summed E-state index contributed by atoms with van der Waals surface area (Å²) in [5.74, 6) is 0.314. The number of aromatic nitrogens is 1. The number of nitrogens with zero attached hydrogens (tertiary/aromatic N) is 2. The third kappa shape index (κ3) is 6.71. The number of pyridine rings is 1. The Balaban J connectivity index is 2.27. The molecule has 1 rings (SSSR count). The largest absolute Gasteiger partial charge is 0.482 e. The minimum atomic E-state index is -0.242. The van der Waals surface area contributed by atoms with Gasteiger partial charge in [-0.15, -0.1) is 0 Å². The van der Waals surface area contributed by atoms with Crippen LogP contribution < -0.4 is 15.4 Å². The molecule has 1 aromatic rings. The Kier molecular flexibility index (Phi) is 7.77. The van der Waals surface area contributed by atoms with E-state index in [0.29, 0.717) is 18.7 Å². The fraction of sp³-hybridized carbons (Fsp3) is 0.500. The maximum Gasteiger partial charge on any atom is 0.257 e. The third-order valence-corrected chi connectivity index (χ3v) is 2.46. The monoisotopic (exact) mass is 276 g/mol. The molecule has 0 aromatic carbocycles. The topological polar surface area (TPSA) is 87.0 Å². The van der Waals surface area contributed by atoms with Crippen molar-refractivity contribution in [2.45, 2.75) is 26.3 Å². The molecule has 6 heteroatoms. The molecular weight excluding hydrogens is 256 g/mol. The quantitative estimate of drug-likeness (QED) is 0.657. The Bertz CT molecular complexity index is 439. The Morgan fingerprint density at radius 1 is 1.45 bits per heavy atom. The van der Waals surface area contributed by atoms with Gasteiger partial charge in [0.15, 0.2) is 6.61 Å². The number of nitrogens with one attached hydrogen (secondary N) is 2. The maximum atomic E-state index is 11.4. The number of ether oxygens (including phenoxy) is 1. The molecule has 0 aliphatic rings. The van der Waals surface area contributed by atoms with Crippen LogP contribution in [-0.4, -0.2) is 30.6 Å². The highest BCUT2D eigenvalue weighted by molar-refractivity contribution is 5.77. The fourth-order valence-corrected chi connectivity index (χ4v) is 1.45. The van der Waals surface area contributed by atoms with Crippen molar-refractivity contribution in [1.82, 2.24) is 15.6 Å². The first-order valence-electron chi connectivity index (χ1n) is 6.68. The molecule has 0 saturated carbocycles. The second-order valence-corrected chi connectivity index (χ2v) is 4.21. The van der Waals surface area contributed by atoms with Crippen LogP contribution in [0.25, 0.3) is 0 Å². The lowest BCUT2D eigenvalue weighted by Crippen LogP contribution is -2.29. The zero-order chi connectivity index (χ0) is 14.6. The van der Waals surface area contributed by atoms with E-state index < -0.39 is 0 Å². The molecule has 0 atom stereocenters. The third-order valence-electron chi connectivity index (χ3n) is 2.46. The summed E-state index contributed by atoms with van der Waals surface area (Å²) < 4.78 is 5.30. The lowest BCUT2D eigenvalue weighted by atomic mass is 10.3. The van der Waals surface area contributed by atoms with E-state index in [-0.39, 0.29) is 12.5 Å². The standard InChI is InChI=1S/C14H20N4O2/c1-2-7-16-9-12-4-5-13(10-18-12)20-11-14(19)17-8-3-6-15/h4-5,10,16H,2-3,7-9,11H2,1H3,(H,17,19). The van der Waals surface area contributed by atoms with E-state index >= 15 is 0 Å². The van der Waals surface area contributed by atoms with E-state index in [1.54, 1.807) is 12.3 Å². The molecule has 0 bridgehead atoms. The Morgan fingerprint density at radius 3 is 2.95 bits per heavy atom. The first-order chi connectivity index (χ1) is 9.76. The van der Waals surface area contributed by atoms with Crippen LogP contribution >= 0.6 is 0 Å². The number of rotatable bonds is 9. The van der Waals surface area contributed by atoms with Crippen LogP contribution in [0.5, 0.6) is 5.75 Å². The van der Waals surface area contributed by atoms with Gasteiger partial charge in [0.05, 0.1) is 24.4 Å². The number of amides is 1. The van der Waals surface area contributed by atoms with Crippen LogP contribution in [0.2, 0.25) is 0 Å². The first kappa shape index (κ1) is 15.9. The second kappa shape index (κ2) is 9.75. The average Bonchev–Trinajstić information content (AvgIpc) is 2.47. The predicted molar refractivity (Wildman–Crippen MR) is 75.0 cm³/mol. The van der Waals surface area contributed by atoms with Crippen LogP contribution in [0.4, 0.5) is 0 Å². The summed E-state index contributed by atoms with van der Waals surface area (Å²) in [6, 6.07) is 5.61. The van der Waals surface area contributed by atoms with Gasteiger partial charge in [0.1, 0.15) is 5.75 Å². The van der Waals surface area contributed by atoms with E-state index in [2.05, 4.69) is 22.5 Å². The van der Waals surface area contributed by atoms with Crippen molar-refractivity contribution in [3.8, 4) is 11.8 Å². The number of hydrogen-bond acceptors (Lipinski definition) is 5. The summed E-state index contributed by atoms with van der Waals surface area (Å²) in [6.07, 6.45) is 2.99. The average molecular weight is 276 g/mol. The van der Waals surface area contributed by atoms with Crippen LogP contribution in [0.3, 0.4) is 0 Å². The number of carbonyl (C=O) groups excluding carboxylic acids is 1. The molecule has 0 unspecified atom stereocenters. The van der Waals surface area contributed by atoms with Crippen LogP contribution in [-0.2, 0) is 11.3 Å². The van der Waals surface area contributed by atoms with E-state index in [1.807, 2.05) is 12.1 Å². The zero-order valence-electron chi connectivity index (χ0n) is 11.7. The summed E-state index contributed by atoms with van der Waals surface area (Å²) in [7, 11) is 0. The Hall–Kier alpha value is -2.13. The van der Waals surface area contributed by atoms with Gasteiger partial charge in [0.2, 0.25) is 0 Å². The van der Waals surface area contributed by atoms with Gasteiger partial charge in [-0.2, -0.15) is 5.26 Å². The minimum absolute atomic E-state index is 0.0689. The smallest absolute Gasteiger partial charge is 0.257 e. The Labute approximate surface area is 119 Å². The number of nitriles is 1. The van der Waals surface area contributed by atoms with Gasteiger partial charge in [0, 0.05) is 13.1 Å². The molecule has 2 N–H and O–H groups in total. The molecule has 6 nitrogen and oxygen atoms in total. The fourth-order valence-electron chi connectivity index (χ4n) is 1.45. The van der Waals surface area contributed by atoms with Crippen molar-refractivity contribution in [2.75, 3.05) is 19.7 Å². The summed E-state index contributed by atoms with van der Waals surface area (Å²) in [6.45, 7) is 4.07. The Morgan fingerprint density at radius 2 is 2.30 bits per heavy atom. The zero-order valence-corrected chi connectivity index (χ0v) is 11.7. The highest BCUT2D eigenvalue weighted by atomic mass is 16.5. The van der Waals surface area contributed by atoms with E-state index in [0.717, 1.165) is 25.2 Å². The summed E-state index contributed by atoms with van der Waals surface area (Å²) in [4.78, 5) is 15.6. The van der Waals surface area contributed by atoms with Crippen molar-refractivity contribution >= 4 is 5.91 Å². The van der Waals surface area contributed by atoms with E-state index in [1.165, 1.54) is 0 Å².